The van der Waals surface area contributed by atoms with Crippen molar-refractivity contribution in [2.24, 2.45) is 5.73 Å². The number of benzene rings is 1. The van der Waals surface area contributed by atoms with E-state index in [4.69, 9.17) is 10.8 Å². The van der Waals surface area contributed by atoms with Gasteiger partial charge in [0.05, 0.1) is 5.69 Å². The molecule has 1 heterocycles. The third-order valence-electron chi connectivity index (χ3n) is 2.67. The molecule has 0 aliphatic carbocycles. The second kappa shape index (κ2) is 5.42. The van der Waals surface area contributed by atoms with Crippen molar-refractivity contribution < 1.29 is 9.90 Å². The molecule has 1 aromatic heterocycles. The van der Waals surface area contributed by atoms with E-state index in [1.54, 1.807) is 6.20 Å². The minimum absolute atomic E-state index is 0.289. The molecule has 0 amide bonds. The Morgan fingerprint density at radius 1 is 1.22 bits per heavy atom. The zero-order valence-corrected chi connectivity index (χ0v) is 9.78. The number of rotatable bonds is 4. The summed E-state index contributed by atoms with van der Waals surface area (Å²) >= 11 is 0. The first-order chi connectivity index (χ1) is 8.66. The average molecular weight is 242 g/mol. The molecule has 0 fully saturated rings. The van der Waals surface area contributed by atoms with Gasteiger partial charge in [-0.3, -0.25) is 9.78 Å². The van der Waals surface area contributed by atoms with Gasteiger partial charge in [-0.05, 0) is 18.1 Å². The highest BCUT2D eigenvalue weighted by Crippen LogP contribution is 2.16. The fraction of sp³-hybridized carbons (Fsp3) is 0.143. The SMILES string of the molecule is N[C@@H](Cc1ccc(-c2ccccc2)nc1)C(=O)O. The van der Waals surface area contributed by atoms with Crippen molar-refractivity contribution in [3.05, 3.63) is 54.2 Å². The number of hydrogen-bond acceptors (Lipinski definition) is 3. The summed E-state index contributed by atoms with van der Waals surface area (Å²) in [5.41, 5.74) is 8.19. The summed E-state index contributed by atoms with van der Waals surface area (Å²) in [6.45, 7) is 0. The lowest BCUT2D eigenvalue weighted by Crippen LogP contribution is -2.32. The Bertz CT molecular complexity index is 523. The highest BCUT2D eigenvalue weighted by atomic mass is 16.4. The minimum Gasteiger partial charge on any atom is -0.480 e. The quantitative estimate of drug-likeness (QED) is 0.855. The summed E-state index contributed by atoms with van der Waals surface area (Å²) in [7, 11) is 0. The second-order valence-electron chi connectivity index (χ2n) is 4.07. The third-order valence-corrected chi connectivity index (χ3v) is 2.67. The van der Waals surface area contributed by atoms with E-state index in [9.17, 15) is 4.79 Å². The summed E-state index contributed by atoms with van der Waals surface area (Å²) in [5.74, 6) is -0.998. The van der Waals surface area contributed by atoms with Crippen molar-refractivity contribution in [3.63, 3.8) is 0 Å². The van der Waals surface area contributed by atoms with Crippen LogP contribution in [0.3, 0.4) is 0 Å². The van der Waals surface area contributed by atoms with Gasteiger partial charge in [0.2, 0.25) is 0 Å². The first-order valence-corrected chi connectivity index (χ1v) is 5.65. The van der Waals surface area contributed by atoms with Crippen LogP contribution in [0.4, 0.5) is 0 Å². The molecule has 0 aliphatic rings. The van der Waals surface area contributed by atoms with Gasteiger partial charge >= 0.3 is 5.97 Å². The average Bonchev–Trinajstić information content (AvgIpc) is 2.40. The lowest BCUT2D eigenvalue weighted by atomic mass is 10.1. The number of carbonyl (C=O) groups is 1. The van der Waals surface area contributed by atoms with Crippen LogP contribution in [0.15, 0.2) is 48.7 Å². The van der Waals surface area contributed by atoms with Gasteiger partial charge in [0, 0.05) is 11.8 Å². The molecule has 18 heavy (non-hydrogen) atoms. The Balaban J connectivity index is 2.13. The number of aliphatic carboxylic acids is 1. The number of nitrogens with two attached hydrogens (primary N) is 1. The molecule has 0 saturated heterocycles. The summed E-state index contributed by atoms with van der Waals surface area (Å²) < 4.78 is 0. The topological polar surface area (TPSA) is 76.2 Å². The van der Waals surface area contributed by atoms with Gasteiger partial charge in [-0.1, -0.05) is 36.4 Å². The summed E-state index contributed by atoms with van der Waals surface area (Å²) in [5, 5.41) is 8.73. The Hall–Kier alpha value is -2.20. The Kier molecular flexibility index (Phi) is 3.69. The molecule has 0 spiro atoms. The monoisotopic (exact) mass is 242 g/mol. The van der Waals surface area contributed by atoms with E-state index in [1.165, 1.54) is 0 Å². The molecule has 4 nitrogen and oxygen atoms in total. The lowest BCUT2D eigenvalue weighted by Gasteiger charge is -2.07. The van der Waals surface area contributed by atoms with Crippen LogP contribution in [0, 0.1) is 0 Å². The van der Waals surface area contributed by atoms with Crippen LogP contribution in [0.2, 0.25) is 0 Å². The van der Waals surface area contributed by atoms with Crippen molar-refractivity contribution in [1.82, 2.24) is 4.98 Å². The second-order valence-corrected chi connectivity index (χ2v) is 4.07. The summed E-state index contributed by atoms with van der Waals surface area (Å²) in [4.78, 5) is 15.0. The normalized spacial score (nSPS) is 12.1. The smallest absolute Gasteiger partial charge is 0.320 e. The van der Waals surface area contributed by atoms with Crippen LogP contribution in [-0.4, -0.2) is 22.1 Å². The summed E-state index contributed by atoms with van der Waals surface area (Å²) in [6.07, 6.45) is 1.96. The highest BCUT2D eigenvalue weighted by molar-refractivity contribution is 5.73. The molecular weight excluding hydrogens is 228 g/mol. The number of nitrogens with zero attached hydrogens (tertiary/aromatic N) is 1. The number of carboxylic acid groups (broad SMARTS) is 1. The van der Waals surface area contributed by atoms with E-state index >= 15 is 0 Å². The molecule has 4 heteroatoms. The largest absolute Gasteiger partial charge is 0.480 e. The molecule has 0 unspecified atom stereocenters. The van der Waals surface area contributed by atoms with Crippen LogP contribution in [-0.2, 0) is 11.2 Å². The van der Waals surface area contributed by atoms with E-state index in [-0.39, 0.29) is 6.42 Å². The molecule has 0 radical (unpaired) electrons. The van der Waals surface area contributed by atoms with Gasteiger partial charge in [0.1, 0.15) is 6.04 Å². The predicted octanol–water partition coefficient (Wildman–Crippen LogP) is 1.70. The maximum Gasteiger partial charge on any atom is 0.320 e. The van der Waals surface area contributed by atoms with Crippen LogP contribution in [0.5, 0.6) is 0 Å². The van der Waals surface area contributed by atoms with E-state index in [2.05, 4.69) is 4.98 Å². The molecule has 3 N–H and O–H groups in total. The van der Waals surface area contributed by atoms with Crippen LogP contribution in [0.1, 0.15) is 5.56 Å². The van der Waals surface area contributed by atoms with E-state index in [0.29, 0.717) is 0 Å². The maximum absolute atomic E-state index is 10.6. The molecule has 0 aliphatic heterocycles. The van der Waals surface area contributed by atoms with Gasteiger partial charge in [0.25, 0.3) is 0 Å². The van der Waals surface area contributed by atoms with Gasteiger partial charge < -0.3 is 10.8 Å². The molecule has 1 atom stereocenters. The van der Waals surface area contributed by atoms with Gasteiger partial charge in [0.15, 0.2) is 0 Å². The lowest BCUT2D eigenvalue weighted by molar-refractivity contribution is -0.138. The third kappa shape index (κ3) is 2.93. The van der Waals surface area contributed by atoms with Gasteiger partial charge in [-0.25, -0.2) is 0 Å². The fourth-order valence-corrected chi connectivity index (χ4v) is 1.67. The fourth-order valence-electron chi connectivity index (χ4n) is 1.67. The van der Waals surface area contributed by atoms with Crippen molar-refractivity contribution >= 4 is 5.97 Å². The molecule has 2 aromatic rings. The standard InChI is InChI=1S/C14H14N2O2/c15-12(14(17)18)8-10-6-7-13(16-9-10)11-4-2-1-3-5-11/h1-7,9,12H,8,15H2,(H,17,18)/t12-/m0/s1. The van der Waals surface area contributed by atoms with Crippen molar-refractivity contribution in [3.8, 4) is 11.3 Å². The predicted molar refractivity (Wildman–Crippen MR) is 69.0 cm³/mol. The Morgan fingerprint density at radius 2 is 1.94 bits per heavy atom. The first-order valence-electron chi connectivity index (χ1n) is 5.65. The number of aromatic nitrogens is 1. The molecular formula is C14H14N2O2. The van der Waals surface area contributed by atoms with E-state index in [1.807, 2.05) is 42.5 Å². The number of carboxylic acids is 1. The number of hydrogen-bond donors (Lipinski definition) is 2. The van der Waals surface area contributed by atoms with Crippen LogP contribution < -0.4 is 5.73 Å². The zero-order chi connectivity index (χ0) is 13.0. The number of pyridine rings is 1. The van der Waals surface area contributed by atoms with Gasteiger partial charge in [-0.15, -0.1) is 0 Å². The van der Waals surface area contributed by atoms with Crippen molar-refractivity contribution in [2.45, 2.75) is 12.5 Å². The van der Waals surface area contributed by atoms with Crippen LogP contribution >= 0.6 is 0 Å². The van der Waals surface area contributed by atoms with Gasteiger partial charge in [-0.2, -0.15) is 0 Å². The molecule has 2 rings (SSSR count). The van der Waals surface area contributed by atoms with Crippen LogP contribution in [0.25, 0.3) is 11.3 Å². The molecule has 0 bridgehead atoms. The van der Waals surface area contributed by atoms with Crippen molar-refractivity contribution in [1.29, 1.82) is 0 Å². The Labute approximate surface area is 105 Å². The Morgan fingerprint density at radius 3 is 2.50 bits per heavy atom. The van der Waals surface area contributed by atoms with E-state index in [0.717, 1.165) is 16.8 Å². The minimum atomic E-state index is -0.998. The summed E-state index contributed by atoms with van der Waals surface area (Å²) in [6, 6.07) is 12.7. The highest BCUT2D eigenvalue weighted by Gasteiger charge is 2.12. The van der Waals surface area contributed by atoms with Crippen molar-refractivity contribution in [2.75, 3.05) is 0 Å². The maximum atomic E-state index is 10.6. The zero-order valence-electron chi connectivity index (χ0n) is 9.78. The van der Waals surface area contributed by atoms with E-state index < -0.39 is 12.0 Å². The molecule has 92 valence electrons. The molecule has 1 aromatic carbocycles. The molecule has 0 saturated carbocycles. The first kappa shape index (κ1) is 12.3.